The van der Waals surface area contributed by atoms with Gasteiger partial charge in [0, 0.05) is 30.0 Å². The van der Waals surface area contributed by atoms with Gasteiger partial charge in [0.1, 0.15) is 0 Å². The summed E-state index contributed by atoms with van der Waals surface area (Å²) in [5, 5.41) is 10.5. The Morgan fingerprint density at radius 2 is 2.44 bits per heavy atom. The molecule has 2 rings (SSSR count). The molecule has 0 aromatic carbocycles. The Morgan fingerprint density at radius 3 is 3.25 bits per heavy atom. The Kier molecular flexibility index (Phi) is 3.98. The molecule has 6 heteroatoms. The number of rotatable bonds is 5. The number of hydrogen-bond acceptors (Lipinski definition) is 5. The fourth-order valence-electron chi connectivity index (χ4n) is 1.31. The smallest absolute Gasteiger partial charge is 0.258 e. The van der Waals surface area contributed by atoms with Crippen molar-refractivity contribution in [3.8, 4) is 0 Å². The fourth-order valence-corrected chi connectivity index (χ4v) is 2.88. The topological polar surface area (TPSA) is 54.6 Å². The zero-order chi connectivity index (χ0) is 11.4. The molecule has 0 amide bonds. The summed E-state index contributed by atoms with van der Waals surface area (Å²) in [5.41, 5.74) is 0.791. The summed E-state index contributed by atoms with van der Waals surface area (Å²) in [6.07, 6.45) is 2.52. The molecule has 2 heterocycles. The second-order valence-electron chi connectivity index (χ2n) is 3.27. The van der Waals surface area contributed by atoms with Gasteiger partial charge in [-0.15, -0.1) is 11.3 Å². The summed E-state index contributed by atoms with van der Waals surface area (Å²) in [6, 6.07) is 1.58. The van der Waals surface area contributed by atoms with E-state index in [4.69, 9.17) is 5.11 Å². The van der Waals surface area contributed by atoms with Gasteiger partial charge < -0.3 is 5.11 Å². The van der Waals surface area contributed by atoms with E-state index in [1.165, 1.54) is 11.3 Å². The highest BCUT2D eigenvalue weighted by molar-refractivity contribution is 7.98. The van der Waals surface area contributed by atoms with E-state index < -0.39 is 0 Å². The number of aromatic nitrogens is 2. The van der Waals surface area contributed by atoms with Crippen LogP contribution in [0.25, 0.3) is 4.96 Å². The second kappa shape index (κ2) is 5.47. The van der Waals surface area contributed by atoms with Crippen LogP contribution < -0.4 is 5.56 Å². The molecule has 0 radical (unpaired) electrons. The Morgan fingerprint density at radius 1 is 1.56 bits per heavy atom. The van der Waals surface area contributed by atoms with Crippen molar-refractivity contribution in [2.24, 2.45) is 0 Å². The van der Waals surface area contributed by atoms with Crippen molar-refractivity contribution in [2.45, 2.75) is 12.2 Å². The highest BCUT2D eigenvalue weighted by Crippen LogP contribution is 2.12. The number of fused-ring (bicyclic) bond motifs is 1. The van der Waals surface area contributed by atoms with Crippen molar-refractivity contribution in [3.05, 3.63) is 33.7 Å². The lowest BCUT2D eigenvalue weighted by molar-refractivity contribution is 0.296. The van der Waals surface area contributed by atoms with Gasteiger partial charge in [0.2, 0.25) is 0 Å². The van der Waals surface area contributed by atoms with Gasteiger partial charge >= 0.3 is 0 Å². The van der Waals surface area contributed by atoms with E-state index in [0.29, 0.717) is 0 Å². The number of nitrogens with zero attached hydrogens (tertiary/aromatic N) is 2. The molecule has 0 saturated carbocycles. The van der Waals surface area contributed by atoms with E-state index in [1.54, 1.807) is 28.4 Å². The molecule has 0 atom stereocenters. The zero-order valence-corrected chi connectivity index (χ0v) is 10.3. The molecule has 0 aliphatic heterocycles. The van der Waals surface area contributed by atoms with Crippen LogP contribution in [0.15, 0.2) is 22.4 Å². The maximum atomic E-state index is 11.6. The summed E-state index contributed by atoms with van der Waals surface area (Å²) in [5.74, 6) is 1.62. The highest BCUT2D eigenvalue weighted by Gasteiger charge is 2.02. The Bertz CT molecular complexity index is 521. The third-order valence-corrected chi connectivity index (χ3v) is 3.89. The number of aliphatic hydroxyl groups excluding tert-OH is 1. The van der Waals surface area contributed by atoms with Gasteiger partial charge in [-0.1, -0.05) is 0 Å². The number of thioether (sulfide) groups is 1. The van der Waals surface area contributed by atoms with Crippen molar-refractivity contribution >= 4 is 28.1 Å². The summed E-state index contributed by atoms with van der Waals surface area (Å²) < 4.78 is 1.55. The minimum atomic E-state index is -0.0241. The van der Waals surface area contributed by atoms with Gasteiger partial charge in [-0.25, -0.2) is 4.98 Å². The third-order valence-electron chi connectivity index (χ3n) is 2.05. The van der Waals surface area contributed by atoms with Gasteiger partial charge in [0.15, 0.2) is 4.96 Å². The van der Waals surface area contributed by atoms with E-state index in [9.17, 15) is 4.79 Å². The molecular formula is C10H12N2O2S2. The second-order valence-corrected chi connectivity index (χ2v) is 5.25. The summed E-state index contributed by atoms with van der Waals surface area (Å²) in [4.78, 5) is 16.8. The molecule has 2 aromatic heterocycles. The predicted molar refractivity (Wildman–Crippen MR) is 67.2 cm³/mol. The minimum Gasteiger partial charge on any atom is -0.396 e. The standard InChI is InChI=1S/C10H12N2O2S2/c13-3-1-4-15-7-8-6-9(14)12-2-5-16-10(12)11-8/h2,5-6,13H,1,3-4,7H2. The van der Waals surface area contributed by atoms with Crippen LogP contribution in [0, 0.1) is 0 Å². The molecule has 16 heavy (non-hydrogen) atoms. The quantitative estimate of drug-likeness (QED) is 0.821. The first kappa shape index (κ1) is 11.6. The van der Waals surface area contributed by atoms with Crippen molar-refractivity contribution in [3.63, 3.8) is 0 Å². The first-order chi connectivity index (χ1) is 7.81. The predicted octanol–water partition coefficient (Wildman–Crippen LogP) is 1.37. The first-order valence-corrected chi connectivity index (χ1v) is 6.99. The third kappa shape index (κ3) is 2.63. The maximum Gasteiger partial charge on any atom is 0.258 e. The summed E-state index contributed by atoms with van der Waals surface area (Å²) in [6.45, 7) is 0.215. The molecule has 4 nitrogen and oxygen atoms in total. The lowest BCUT2D eigenvalue weighted by atomic mass is 10.4. The fraction of sp³-hybridized carbons (Fsp3) is 0.400. The van der Waals surface area contributed by atoms with Crippen molar-refractivity contribution in [1.82, 2.24) is 9.38 Å². The van der Waals surface area contributed by atoms with Crippen LogP contribution in [0.5, 0.6) is 0 Å². The number of aliphatic hydroxyl groups is 1. The van der Waals surface area contributed by atoms with Crippen LogP contribution >= 0.6 is 23.1 Å². The molecule has 0 spiro atoms. The molecule has 86 valence electrons. The van der Waals surface area contributed by atoms with E-state index in [1.807, 2.05) is 5.38 Å². The van der Waals surface area contributed by atoms with E-state index in [2.05, 4.69) is 4.98 Å². The average Bonchev–Trinajstić information content (AvgIpc) is 2.73. The van der Waals surface area contributed by atoms with E-state index >= 15 is 0 Å². The van der Waals surface area contributed by atoms with Crippen LogP contribution in [-0.4, -0.2) is 26.9 Å². The Hall–Kier alpha value is -0.850. The molecule has 0 unspecified atom stereocenters. The van der Waals surface area contributed by atoms with Crippen molar-refractivity contribution in [2.75, 3.05) is 12.4 Å². The van der Waals surface area contributed by atoms with Gasteiger partial charge in [-0.2, -0.15) is 11.8 Å². The van der Waals surface area contributed by atoms with Crippen molar-refractivity contribution < 1.29 is 5.11 Å². The van der Waals surface area contributed by atoms with Crippen LogP contribution in [0.3, 0.4) is 0 Å². The average molecular weight is 256 g/mol. The number of hydrogen-bond donors (Lipinski definition) is 1. The highest BCUT2D eigenvalue weighted by atomic mass is 32.2. The molecule has 2 aromatic rings. The zero-order valence-electron chi connectivity index (χ0n) is 8.63. The van der Waals surface area contributed by atoms with E-state index in [-0.39, 0.29) is 12.2 Å². The van der Waals surface area contributed by atoms with Gasteiger partial charge in [0.05, 0.1) is 5.69 Å². The summed E-state index contributed by atoms with van der Waals surface area (Å²) >= 11 is 3.15. The van der Waals surface area contributed by atoms with E-state index in [0.717, 1.165) is 28.6 Å². The van der Waals surface area contributed by atoms with Crippen LogP contribution in [0.2, 0.25) is 0 Å². The van der Waals surface area contributed by atoms with Gasteiger partial charge in [0.25, 0.3) is 5.56 Å². The Labute approximate surface area is 101 Å². The van der Waals surface area contributed by atoms with Crippen LogP contribution in [0.1, 0.15) is 12.1 Å². The van der Waals surface area contributed by atoms with Gasteiger partial charge in [-0.3, -0.25) is 9.20 Å². The first-order valence-electron chi connectivity index (χ1n) is 4.95. The minimum absolute atomic E-state index is 0.0241. The molecule has 1 N–H and O–H groups in total. The summed E-state index contributed by atoms with van der Waals surface area (Å²) in [7, 11) is 0. The monoisotopic (exact) mass is 256 g/mol. The molecule has 0 saturated heterocycles. The molecule has 0 aliphatic carbocycles. The largest absolute Gasteiger partial charge is 0.396 e. The molecule has 0 aliphatic rings. The lowest BCUT2D eigenvalue weighted by Gasteiger charge is -2.00. The van der Waals surface area contributed by atoms with Crippen LogP contribution in [-0.2, 0) is 5.75 Å². The molecule has 0 fully saturated rings. The van der Waals surface area contributed by atoms with Crippen LogP contribution in [0.4, 0.5) is 0 Å². The normalized spacial score (nSPS) is 11.1. The van der Waals surface area contributed by atoms with Gasteiger partial charge in [-0.05, 0) is 12.2 Å². The maximum absolute atomic E-state index is 11.6. The van der Waals surface area contributed by atoms with Crippen molar-refractivity contribution in [1.29, 1.82) is 0 Å². The SMILES string of the molecule is O=c1cc(CSCCCO)nc2sccn12. The number of thiazole rings is 1. The molecule has 0 bridgehead atoms. The molecular weight excluding hydrogens is 244 g/mol. The Balaban J connectivity index is 2.10. The lowest BCUT2D eigenvalue weighted by Crippen LogP contribution is -2.12.